The lowest BCUT2D eigenvalue weighted by Crippen LogP contribution is -2.41. The van der Waals surface area contributed by atoms with Gasteiger partial charge >= 0.3 is 12.0 Å². The van der Waals surface area contributed by atoms with Crippen molar-refractivity contribution in [2.75, 3.05) is 13.1 Å². The van der Waals surface area contributed by atoms with E-state index in [9.17, 15) is 19.6 Å². The van der Waals surface area contributed by atoms with Crippen LogP contribution in [0.15, 0.2) is 35.9 Å². The number of urea groups is 1. The van der Waals surface area contributed by atoms with Crippen LogP contribution < -0.4 is 5.32 Å². The Hall–Kier alpha value is -3.57. The maximum absolute atomic E-state index is 12.5. The number of rotatable bonds is 5. The Morgan fingerprint density at radius 1 is 1.32 bits per heavy atom. The number of carbonyl (C=O) groups excluding carboxylic acids is 3. The first-order valence-corrected chi connectivity index (χ1v) is 9.97. The molecule has 0 saturated carbocycles. The summed E-state index contributed by atoms with van der Waals surface area (Å²) >= 11 is 6.10. The molecule has 31 heavy (non-hydrogen) atoms. The number of hydrogen-bond donors (Lipinski definition) is 1. The topological polar surface area (TPSA) is 104 Å². The molecule has 1 saturated heterocycles. The zero-order valence-electron chi connectivity index (χ0n) is 17.3. The van der Waals surface area contributed by atoms with Gasteiger partial charge in [0.1, 0.15) is 11.6 Å². The molecule has 1 aliphatic heterocycles. The molecule has 1 aliphatic rings. The molecule has 9 heteroatoms. The fourth-order valence-electron chi connectivity index (χ4n) is 3.41. The second-order valence-corrected chi connectivity index (χ2v) is 7.52. The number of ether oxygens (including phenoxy) is 1. The highest BCUT2D eigenvalue weighted by molar-refractivity contribution is 6.30. The smallest absolute Gasteiger partial charge is 0.349 e. The van der Waals surface area contributed by atoms with Crippen molar-refractivity contribution in [3.63, 3.8) is 0 Å². The lowest BCUT2D eigenvalue weighted by atomic mass is 10.1. The first-order valence-electron chi connectivity index (χ1n) is 9.59. The van der Waals surface area contributed by atoms with Crippen LogP contribution in [0.2, 0.25) is 5.02 Å². The predicted molar refractivity (Wildman–Crippen MR) is 115 cm³/mol. The highest BCUT2D eigenvalue weighted by Crippen LogP contribution is 2.24. The van der Waals surface area contributed by atoms with Gasteiger partial charge in [0.05, 0.1) is 0 Å². The third kappa shape index (κ3) is 4.62. The first kappa shape index (κ1) is 22.1. The van der Waals surface area contributed by atoms with Gasteiger partial charge in [-0.15, -0.1) is 0 Å². The Kier molecular flexibility index (Phi) is 6.47. The van der Waals surface area contributed by atoms with Crippen molar-refractivity contribution in [2.45, 2.75) is 26.9 Å². The number of nitrogens with one attached hydrogen (secondary N) is 1. The average molecular weight is 441 g/mol. The van der Waals surface area contributed by atoms with E-state index in [4.69, 9.17) is 16.3 Å². The molecular weight excluding hydrogens is 420 g/mol. The van der Waals surface area contributed by atoms with Gasteiger partial charge in [-0.1, -0.05) is 17.7 Å². The van der Waals surface area contributed by atoms with E-state index in [2.05, 4.69) is 5.32 Å². The molecule has 1 aromatic carbocycles. The van der Waals surface area contributed by atoms with Crippen LogP contribution in [0.4, 0.5) is 4.79 Å². The second-order valence-electron chi connectivity index (χ2n) is 7.08. The molecule has 2 heterocycles. The van der Waals surface area contributed by atoms with E-state index in [1.165, 1.54) is 13.0 Å². The van der Waals surface area contributed by atoms with Gasteiger partial charge in [-0.2, -0.15) is 5.26 Å². The summed E-state index contributed by atoms with van der Waals surface area (Å²) in [6.45, 7) is 5.67. The summed E-state index contributed by atoms with van der Waals surface area (Å²) in [6, 6.07) is 10.5. The number of imide groups is 1. The molecule has 1 unspecified atom stereocenters. The van der Waals surface area contributed by atoms with Gasteiger partial charge in [-0.3, -0.25) is 9.69 Å². The SMILES string of the molecule is Cc1cc(C=C(C#N)C(=O)OC(C)C(=O)N2CCNC2=O)c(C)n1-c1cccc(Cl)c1. The number of esters is 1. The van der Waals surface area contributed by atoms with E-state index >= 15 is 0 Å². The molecule has 0 aliphatic carbocycles. The third-order valence-corrected chi connectivity index (χ3v) is 5.17. The van der Waals surface area contributed by atoms with Crippen molar-refractivity contribution in [2.24, 2.45) is 0 Å². The summed E-state index contributed by atoms with van der Waals surface area (Å²) in [7, 11) is 0. The molecule has 8 nitrogen and oxygen atoms in total. The van der Waals surface area contributed by atoms with E-state index in [-0.39, 0.29) is 12.1 Å². The molecule has 1 fully saturated rings. The highest BCUT2D eigenvalue weighted by Gasteiger charge is 2.32. The minimum Gasteiger partial charge on any atom is -0.448 e. The lowest BCUT2D eigenvalue weighted by molar-refractivity contribution is -0.153. The molecule has 3 rings (SSSR count). The minimum absolute atomic E-state index is 0.204. The Morgan fingerprint density at radius 3 is 2.68 bits per heavy atom. The van der Waals surface area contributed by atoms with Gasteiger partial charge in [0.2, 0.25) is 0 Å². The number of nitrogens with zero attached hydrogens (tertiary/aromatic N) is 3. The largest absolute Gasteiger partial charge is 0.448 e. The highest BCUT2D eigenvalue weighted by atomic mass is 35.5. The minimum atomic E-state index is -1.20. The van der Waals surface area contributed by atoms with Gasteiger partial charge in [-0.25, -0.2) is 9.59 Å². The molecular formula is C22H21ClN4O4. The second kappa shape index (κ2) is 9.06. The fourth-order valence-corrected chi connectivity index (χ4v) is 3.60. The number of amides is 3. The van der Waals surface area contributed by atoms with Crippen LogP contribution in [-0.4, -0.2) is 46.6 Å². The molecule has 0 bridgehead atoms. The number of halogens is 1. The van der Waals surface area contributed by atoms with Crippen molar-refractivity contribution in [3.8, 4) is 11.8 Å². The third-order valence-electron chi connectivity index (χ3n) is 4.93. The number of nitriles is 1. The van der Waals surface area contributed by atoms with E-state index < -0.39 is 24.0 Å². The van der Waals surface area contributed by atoms with E-state index in [0.717, 1.165) is 22.0 Å². The van der Waals surface area contributed by atoms with E-state index in [0.29, 0.717) is 17.1 Å². The van der Waals surface area contributed by atoms with Crippen molar-refractivity contribution < 1.29 is 19.1 Å². The van der Waals surface area contributed by atoms with Crippen molar-refractivity contribution in [3.05, 3.63) is 57.9 Å². The Bertz CT molecular complexity index is 1130. The number of aryl methyl sites for hydroxylation is 1. The zero-order valence-corrected chi connectivity index (χ0v) is 18.1. The molecule has 3 amide bonds. The van der Waals surface area contributed by atoms with Crippen LogP contribution in [-0.2, 0) is 14.3 Å². The Labute approximate surface area is 184 Å². The summed E-state index contributed by atoms with van der Waals surface area (Å²) in [6.07, 6.45) is 0.220. The van der Waals surface area contributed by atoms with Gasteiger partial charge in [-0.05, 0) is 56.7 Å². The quantitative estimate of drug-likeness (QED) is 0.437. The monoisotopic (exact) mass is 440 g/mol. The fraction of sp³-hybridized carbons (Fsp3) is 0.273. The number of benzene rings is 1. The lowest BCUT2D eigenvalue weighted by Gasteiger charge is -2.17. The standard InChI is InChI=1S/C22H21ClN4O4/c1-13-9-16(14(2)27(13)19-6-4-5-18(23)11-19)10-17(12-24)21(29)31-15(3)20(28)26-8-7-25-22(26)30/h4-6,9-11,15H,7-8H2,1-3H3,(H,25,30). The average Bonchev–Trinajstić information content (AvgIpc) is 3.27. The van der Waals surface area contributed by atoms with Gasteiger partial charge < -0.3 is 14.6 Å². The van der Waals surface area contributed by atoms with Crippen molar-refractivity contribution >= 4 is 35.6 Å². The van der Waals surface area contributed by atoms with E-state index in [1.54, 1.807) is 6.07 Å². The summed E-state index contributed by atoms with van der Waals surface area (Å²) in [5.41, 5.74) is 2.95. The van der Waals surface area contributed by atoms with Crippen LogP contribution in [0, 0.1) is 25.2 Å². The number of hydrogen-bond acceptors (Lipinski definition) is 5. The van der Waals surface area contributed by atoms with Gasteiger partial charge in [0.15, 0.2) is 6.10 Å². The molecule has 1 atom stereocenters. The summed E-state index contributed by atoms with van der Waals surface area (Å²) in [5, 5.41) is 12.6. The molecule has 160 valence electrons. The zero-order chi connectivity index (χ0) is 22.7. The maximum atomic E-state index is 12.5. The van der Waals surface area contributed by atoms with Gasteiger partial charge in [0.25, 0.3) is 5.91 Å². The van der Waals surface area contributed by atoms with Crippen molar-refractivity contribution in [1.29, 1.82) is 5.26 Å². The Balaban J connectivity index is 1.82. The molecule has 0 radical (unpaired) electrons. The number of aromatic nitrogens is 1. The molecule has 1 N–H and O–H groups in total. The summed E-state index contributed by atoms with van der Waals surface area (Å²) in [4.78, 5) is 37.4. The van der Waals surface area contributed by atoms with Crippen LogP contribution in [0.3, 0.4) is 0 Å². The summed E-state index contributed by atoms with van der Waals surface area (Å²) in [5.74, 6) is -1.57. The van der Waals surface area contributed by atoms with Crippen LogP contribution >= 0.6 is 11.6 Å². The number of carbonyl (C=O) groups is 3. The normalized spacial score (nSPS) is 14.7. The van der Waals surface area contributed by atoms with Gasteiger partial charge in [0, 0.05) is 35.2 Å². The molecule has 0 spiro atoms. The predicted octanol–water partition coefficient (Wildman–Crippen LogP) is 3.14. The maximum Gasteiger partial charge on any atom is 0.349 e. The van der Waals surface area contributed by atoms with Crippen molar-refractivity contribution in [1.82, 2.24) is 14.8 Å². The first-order chi connectivity index (χ1) is 14.7. The van der Waals surface area contributed by atoms with Crippen LogP contribution in [0.1, 0.15) is 23.9 Å². The summed E-state index contributed by atoms with van der Waals surface area (Å²) < 4.78 is 7.10. The van der Waals surface area contributed by atoms with Crippen LogP contribution in [0.25, 0.3) is 11.8 Å². The van der Waals surface area contributed by atoms with Crippen LogP contribution in [0.5, 0.6) is 0 Å². The Morgan fingerprint density at radius 2 is 2.06 bits per heavy atom. The molecule has 1 aromatic heterocycles. The molecule has 2 aromatic rings. The van der Waals surface area contributed by atoms with E-state index in [1.807, 2.05) is 48.7 Å².